The summed E-state index contributed by atoms with van der Waals surface area (Å²) in [6, 6.07) is 20.7. The number of nitroso groups, excluding NO2 is 1. The van der Waals surface area contributed by atoms with Crippen molar-refractivity contribution in [2.45, 2.75) is 26.3 Å². The fourth-order valence-electron chi connectivity index (χ4n) is 4.08. The number of hydrogen-bond donors (Lipinski definition) is 0. The van der Waals surface area contributed by atoms with Gasteiger partial charge in [-0.05, 0) is 66.4 Å². The Hall–Kier alpha value is -4.13. The number of halogens is 1. The number of hydrogen-bond acceptors (Lipinski definition) is 5. The van der Waals surface area contributed by atoms with Gasteiger partial charge in [0.25, 0.3) is 5.56 Å². The first-order valence-corrected chi connectivity index (χ1v) is 10.9. The topological polar surface area (TPSA) is 73.5 Å². The van der Waals surface area contributed by atoms with Crippen LogP contribution in [0.15, 0.2) is 82.8 Å². The monoisotopic (exact) mass is 457 g/mol. The molecule has 1 heterocycles. The molecule has 0 aliphatic carbocycles. The van der Waals surface area contributed by atoms with Crippen LogP contribution in [0.1, 0.15) is 22.4 Å². The van der Waals surface area contributed by atoms with E-state index in [2.05, 4.69) is 10.3 Å². The molecule has 0 bridgehead atoms. The summed E-state index contributed by atoms with van der Waals surface area (Å²) in [6.45, 7) is 2.09. The van der Waals surface area contributed by atoms with Gasteiger partial charge in [0, 0.05) is 16.7 Å². The van der Waals surface area contributed by atoms with Crippen molar-refractivity contribution in [3.63, 3.8) is 0 Å². The zero-order chi connectivity index (χ0) is 24.1. The number of aromatic nitrogens is 2. The smallest absolute Gasteiger partial charge is 0.270 e. The normalized spacial score (nSPS) is 10.8. The van der Waals surface area contributed by atoms with Gasteiger partial charge in [0.05, 0.1) is 19.3 Å². The van der Waals surface area contributed by atoms with Gasteiger partial charge in [-0.25, -0.2) is 9.07 Å². The molecule has 172 valence electrons. The van der Waals surface area contributed by atoms with Crippen LogP contribution in [-0.4, -0.2) is 16.9 Å². The van der Waals surface area contributed by atoms with Crippen LogP contribution in [0.25, 0.3) is 11.1 Å². The summed E-state index contributed by atoms with van der Waals surface area (Å²) in [5, 5.41) is 7.71. The molecule has 0 aliphatic rings. The highest BCUT2D eigenvalue weighted by Crippen LogP contribution is 2.33. The Bertz CT molecular complexity index is 1380. The van der Waals surface area contributed by atoms with Gasteiger partial charge in [-0.15, -0.1) is 4.91 Å². The van der Waals surface area contributed by atoms with E-state index in [0.717, 1.165) is 16.9 Å². The summed E-state index contributed by atoms with van der Waals surface area (Å²) in [5.41, 5.74) is 3.95. The standard InChI is InChI=1S/C27H24FN3O3/c1-18-26(23-8-3-4-9-25(23)30-33)24(15-12-19-6-5-7-21(28)16-19)27(32)31(29-18)17-20-10-13-22(34-2)14-11-20/h3-11,13-14,16H,12,15,17H2,1-2H3. The SMILES string of the molecule is COc1ccc(Cn2nc(C)c(-c3ccccc3N=O)c(CCc3cccc(F)c3)c2=O)cc1. The highest BCUT2D eigenvalue weighted by molar-refractivity contribution is 5.79. The number of aryl methyl sites for hydroxylation is 2. The molecule has 3 aromatic carbocycles. The van der Waals surface area contributed by atoms with Gasteiger partial charge in [-0.2, -0.15) is 5.10 Å². The van der Waals surface area contributed by atoms with E-state index >= 15 is 0 Å². The number of ether oxygens (including phenoxy) is 1. The van der Waals surface area contributed by atoms with E-state index < -0.39 is 0 Å². The second-order valence-corrected chi connectivity index (χ2v) is 7.99. The molecular formula is C27H24FN3O3. The lowest BCUT2D eigenvalue weighted by molar-refractivity contribution is 0.414. The highest BCUT2D eigenvalue weighted by Gasteiger charge is 2.19. The van der Waals surface area contributed by atoms with E-state index in [0.29, 0.717) is 35.2 Å². The quantitative estimate of drug-likeness (QED) is 0.323. The number of nitrogens with zero attached hydrogens (tertiary/aromatic N) is 3. The van der Waals surface area contributed by atoms with E-state index in [4.69, 9.17) is 4.74 Å². The van der Waals surface area contributed by atoms with Crippen LogP contribution in [0.3, 0.4) is 0 Å². The molecule has 0 atom stereocenters. The fourth-order valence-corrected chi connectivity index (χ4v) is 4.08. The second-order valence-electron chi connectivity index (χ2n) is 7.99. The van der Waals surface area contributed by atoms with Crippen molar-refractivity contribution in [2.24, 2.45) is 5.18 Å². The summed E-state index contributed by atoms with van der Waals surface area (Å²) in [5.74, 6) is 0.403. The van der Waals surface area contributed by atoms with Gasteiger partial charge in [-0.3, -0.25) is 4.79 Å². The van der Waals surface area contributed by atoms with E-state index in [1.807, 2.05) is 37.3 Å². The molecule has 0 unspecified atom stereocenters. The first-order chi connectivity index (χ1) is 16.5. The Morgan fingerprint density at radius 1 is 0.971 bits per heavy atom. The van der Waals surface area contributed by atoms with Crippen molar-refractivity contribution in [3.05, 3.63) is 116 Å². The zero-order valence-electron chi connectivity index (χ0n) is 19.0. The van der Waals surface area contributed by atoms with E-state index in [9.17, 15) is 14.1 Å². The Kier molecular flexibility index (Phi) is 6.92. The fraction of sp³-hybridized carbons (Fsp3) is 0.185. The molecule has 0 radical (unpaired) electrons. The van der Waals surface area contributed by atoms with Gasteiger partial charge in [0.15, 0.2) is 0 Å². The van der Waals surface area contributed by atoms with E-state index in [1.165, 1.54) is 16.8 Å². The number of benzene rings is 3. The van der Waals surface area contributed by atoms with Crippen molar-refractivity contribution in [2.75, 3.05) is 7.11 Å². The minimum absolute atomic E-state index is 0.242. The maximum Gasteiger partial charge on any atom is 0.270 e. The molecule has 0 amide bonds. The third-order valence-corrected chi connectivity index (χ3v) is 5.74. The van der Waals surface area contributed by atoms with Gasteiger partial charge < -0.3 is 4.74 Å². The summed E-state index contributed by atoms with van der Waals surface area (Å²) >= 11 is 0. The largest absolute Gasteiger partial charge is 0.497 e. The Labute approximate surface area is 196 Å². The Morgan fingerprint density at radius 2 is 1.74 bits per heavy atom. The van der Waals surface area contributed by atoms with Crippen molar-refractivity contribution >= 4 is 5.69 Å². The molecule has 7 heteroatoms. The van der Waals surface area contributed by atoms with Crippen LogP contribution in [0, 0.1) is 17.6 Å². The van der Waals surface area contributed by atoms with E-state index in [-0.39, 0.29) is 23.6 Å². The van der Waals surface area contributed by atoms with Crippen molar-refractivity contribution < 1.29 is 9.13 Å². The van der Waals surface area contributed by atoms with Crippen molar-refractivity contribution in [1.29, 1.82) is 0 Å². The minimum atomic E-state index is -0.323. The highest BCUT2D eigenvalue weighted by atomic mass is 19.1. The molecule has 0 aliphatic heterocycles. The summed E-state index contributed by atoms with van der Waals surface area (Å²) < 4.78 is 20.3. The molecule has 4 rings (SSSR count). The Morgan fingerprint density at radius 3 is 2.44 bits per heavy atom. The van der Waals surface area contributed by atoms with Crippen molar-refractivity contribution in [1.82, 2.24) is 9.78 Å². The van der Waals surface area contributed by atoms with Gasteiger partial charge in [0.2, 0.25) is 0 Å². The minimum Gasteiger partial charge on any atom is -0.497 e. The Balaban J connectivity index is 1.80. The molecular weight excluding hydrogens is 433 g/mol. The number of methoxy groups -OCH3 is 1. The molecule has 0 N–H and O–H groups in total. The van der Waals surface area contributed by atoms with Crippen LogP contribution < -0.4 is 10.3 Å². The van der Waals surface area contributed by atoms with Crippen molar-refractivity contribution in [3.8, 4) is 16.9 Å². The van der Waals surface area contributed by atoms with Crippen LogP contribution >= 0.6 is 0 Å². The lowest BCUT2D eigenvalue weighted by Crippen LogP contribution is -2.29. The average Bonchev–Trinajstić information content (AvgIpc) is 2.85. The lowest BCUT2D eigenvalue weighted by atomic mass is 9.94. The van der Waals surface area contributed by atoms with Gasteiger partial charge in [0.1, 0.15) is 17.3 Å². The molecule has 6 nitrogen and oxygen atoms in total. The van der Waals surface area contributed by atoms with E-state index in [1.54, 1.807) is 37.4 Å². The summed E-state index contributed by atoms with van der Waals surface area (Å²) in [6.07, 6.45) is 0.819. The summed E-state index contributed by atoms with van der Waals surface area (Å²) in [7, 11) is 1.60. The molecule has 4 aromatic rings. The van der Waals surface area contributed by atoms with Crippen LogP contribution in [-0.2, 0) is 19.4 Å². The summed E-state index contributed by atoms with van der Waals surface area (Å²) in [4.78, 5) is 25.1. The van der Waals surface area contributed by atoms with Crippen LogP contribution in [0.4, 0.5) is 10.1 Å². The molecule has 1 aromatic heterocycles. The predicted octanol–water partition coefficient (Wildman–Crippen LogP) is 5.60. The van der Waals surface area contributed by atoms with Gasteiger partial charge >= 0.3 is 0 Å². The van der Waals surface area contributed by atoms with Crippen LogP contribution in [0.5, 0.6) is 5.75 Å². The second kappa shape index (κ2) is 10.2. The first kappa shape index (κ1) is 23.0. The predicted molar refractivity (Wildman–Crippen MR) is 130 cm³/mol. The zero-order valence-corrected chi connectivity index (χ0v) is 19.0. The molecule has 0 fully saturated rings. The average molecular weight is 458 g/mol. The molecule has 34 heavy (non-hydrogen) atoms. The van der Waals surface area contributed by atoms with Crippen LogP contribution in [0.2, 0.25) is 0 Å². The third-order valence-electron chi connectivity index (χ3n) is 5.74. The maximum atomic E-state index is 13.7. The number of rotatable bonds is 8. The molecule has 0 saturated heterocycles. The molecule has 0 spiro atoms. The molecule has 0 saturated carbocycles. The third kappa shape index (κ3) is 4.93. The maximum absolute atomic E-state index is 13.7. The van der Waals surface area contributed by atoms with Gasteiger partial charge in [-0.1, -0.05) is 42.5 Å². The lowest BCUT2D eigenvalue weighted by Gasteiger charge is -2.16. The first-order valence-electron chi connectivity index (χ1n) is 10.9.